The molecular formula is C71H59F3N8O8. The average molecular weight is 1210 g/mol. The maximum Gasteiger partial charge on any atom is 0.233 e. The molecule has 12 aromatic rings. The van der Waals surface area contributed by atoms with Gasteiger partial charge >= 0.3 is 0 Å². The Hall–Kier alpha value is -11.5. The van der Waals surface area contributed by atoms with E-state index in [-0.39, 0.29) is 34.3 Å². The van der Waals surface area contributed by atoms with Crippen molar-refractivity contribution in [3.05, 3.63) is 269 Å². The third-order valence-corrected chi connectivity index (χ3v) is 14.2. The predicted octanol–water partition coefficient (Wildman–Crippen LogP) is 14.5. The number of ether oxygens (including phenoxy) is 2. The summed E-state index contributed by atoms with van der Waals surface area (Å²) in [6, 6.07) is 52.1. The van der Waals surface area contributed by atoms with Crippen LogP contribution in [0.3, 0.4) is 0 Å². The molecule has 1 aliphatic rings. The Morgan fingerprint density at radius 3 is 1.70 bits per heavy atom. The molecule has 0 amide bonds. The molecule has 0 bridgehead atoms. The van der Waals surface area contributed by atoms with E-state index in [1.54, 1.807) is 42.6 Å². The van der Waals surface area contributed by atoms with Crippen molar-refractivity contribution in [1.82, 2.24) is 38.9 Å². The Bertz CT molecular complexity index is 4430. The lowest BCUT2D eigenvalue weighted by atomic mass is 10.1. The summed E-state index contributed by atoms with van der Waals surface area (Å²) in [6.07, 6.45) is 6.62. The number of halogens is 3. The Kier molecular flexibility index (Phi) is 19.4. The van der Waals surface area contributed by atoms with Crippen molar-refractivity contribution >= 4 is 17.6 Å². The number of aromatic hydroxyl groups is 4. The number of hydrogen-bond donors (Lipinski definition) is 4. The minimum atomic E-state index is -0.528. The van der Waals surface area contributed by atoms with Crippen LogP contribution < -0.4 is 9.47 Å². The van der Waals surface area contributed by atoms with E-state index in [2.05, 4.69) is 19.9 Å². The highest BCUT2D eigenvalue weighted by molar-refractivity contribution is 6.08. The molecule has 1 aliphatic heterocycles. The first-order valence-electron chi connectivity index (χ1n) is 28.5. The summed E-state index contributed by atoms with van der Waals surface area (Å²) in [6.45, 7) is 7.11. The van der Waals surface area contributed by atoms with Crippen molar-refractivity contribution in [3.63, 3.8) is 0 Å². The number of imidazole rings is 2. The summed E-state index contributed by atoms with van der Waals surface area (Å²) in [5.41, 5.74) is 9.63. The Labute approximate surface area is 515 Å². The zero-order chi connectivity index (χ0) is 63.3. The van der Waals surface area contributed by atoms with Gasteiger partial charge < -0.3 is 34.5 Å². The van der Waals surface area contributed by atoms with Crippen molar-refractivity contribution in [3.8, 4) is 80.0 Å². The van der Waals surface area contributed by atoms with Gasteiger partial charge in [0.05, 0.1) is 22.2 Å². The van der Waals surface area contributed by atoms with Crippen molar-refractivity contribution < 1.29 is 52.7 Å². The second-order valence-electron chi connectivity index (χ2n) is 20.7. The van der Waals surface area contributed by atoms with Gasteiger partial charge in [0, 0.05) is 41.7 Å². The van der Waals surface area contributed by atoms with Gasteiger partial charge in [-0.05, 0) is 166 Å². The number of aldehydes is 1. The van der Waals surface area contributed by atoms with Crippen LogP contribution in [0.5, 0.6) is 34.5 Å². The largest absolute Gasteiger partial charge is 0.507 e. The Balaban J connectivity index is 0.000000139. The summed E-state index contributed by atoms with van der Waals surface area (Å²) >= 11 is 0. The van der Waals surface area contributed by atoms with Gasteiger partial charge in [0.2, 0.25) is 5.78 Å². The number of rotatable bonds is 13. The summed E-state index contributed by atoms with van der Waals surface area (Å²) in [4.78, 5) is 49.7. The molecule has 0 spiro atoms. The first-order chi connectivity index (χ1) is 43.6. The maximum atomic E-state index is 14.0. The standard InChI is InChI=1S/C26H20FN3O2.C19H18FN3O2.C19H16N2O2.C7H5FO2/c1-17-10-13-23(32-16-18-7-3-2-4-8-18)25(28-17)24-21-9-5-6-14-30(21)26(29-24)20-15-19(27)11-12-22(20)31;1-11-5-7-16(25)18(21-11)17-14-4-2-3-9-23(14)19(22-17)13-10-12(20)6-8-15(13)24;1-14-10-11-17(23-13-15-7-3-2-4-8-15)18(21-14)19(22)16-9-5-6-12-20-16;8-6-1-2-7(10)5(3-6)4-9/h2-15,31H,16H2,1H3;5-8,10,24-25H,2-4,9H2,1H3;2-12H,13H2,1H3;1-4,10H. The van der Waals surface area contributed by atoms with Gasteiger partial charge in [0.1, 0.15) is 105 Å². The third kappa shape index (κ3) is 14.7. The van der Waals surface area contributed by atoms with Crippen LogP contribution in [-0.2, 0) is 26.2 Å². The topological polar surface area (TPSA) is 220 Å². The van der Waals surface area contributed by atoms with Crippen LogP contribution in [-0.4, -0.2) is 71.4 Å². The monoisotopic (exact) mass is 1210 g/mol. The van der Waals surface area contributed by atoms with E-state index in [1.807, 2.05) is 133 Å². The number of nitrogens with zero attached hydrogens (tertiary/aromatic N) is 8. The van der Waals surface area contributed by atoms with Crippen molar-refractivity contribution in [2.75, 3.05) is 0 Å². The second kappa shape index (κ2) is 28.4. The molecule has 19 heteroatoms. The molecule has 0 fully saturated rings. The Morgan fingerprint density at radius 2 is 1.07 bits per heavy atom. The number of carbonyl (C=O) groups is 2. The maximum absolute atomic E-state index is 14.0. The van der Waals surface area contributed by atoms with E-state index < -0.39 is 17.5 Å². The predicted molar refractivity (Wildman–Crippen MR) is 334 cm³/mol. The molecule has 0 atom stereocenters. The highest BCUT2D eigenvalue weighted by Crippen LogP contribution is 2.40. The average Bonchev–Trinajstić information content (AvgIpc) is 1.64. The molecule has 0 radical (unpaired) electrons. The fourth-order valence-electron chi connectivity index (χ4n) is 9.80. The van der Waals surface area contributed by atoms with Gasteiger partial charge in [-0.25, -0.2) is 38.1 Å². The fraction of sp³-hybridized carbons (Fsp3) is 0.127. The number of aryl methyl sites for hydroxylation is 3. The number of benzene rings is 5. The van der Waals surface area contributed by atoms with Crippen LogP contribution in [0.25, 0.3) is 51.1 Å². The van der Waals surface area contributed by atoms with E-state index >= 15 is 0 Å². The molecule has 4 N–H and O–H groups in total. The zero-order valence-corrected chi connectivity index (χ0v) is 49.0. The van der Waals surface area contributed by atoms with Crippen LogP contribution in [0.4, 0.5) is 13.2 Å². The summed E-state index contributed by atoms with van der Waals surface area (Å²) in [5.74, 6) is 0.134. The number of phenols is 3. The summed E-state index contributed by atoms with van der Waals surface area (Å²) in [5, 5.41) is 39.6. The molecular weight excluding hydrogens is 1150 g/mol. The lowest BCUT2D eigenvalue weighted by Gasteiger charge is -2.18. The summed E-state index contributed by atoms with van der Waals surface area (Å²) < 4.78 is 55.7. The lowest BCUT2D eigenvalue weighted by Crippen LogP contribution is -2.11. The van der Waals surface area contributed by atoms with Crippen LogP contribution in [0, 0.1) is 38.2 Å². The molecule has 5 aromatic carbocycles. The molecule has 8 heterocycles. The highest BCUT2D eigenvalue weighted by atomic mass is 19.1. The lowest BCUT2D eigenvalue weighted by molar-refractivity contribution is 0.102. The summed E-state index contributed by atoms with van der Waals surface area (Å²) in [7, 11) is 0. The number of carbonyl (C=O) groups excluding carboxylic acids is 2. The van der Waals surface area contributed by atoms with Gasteiger partial charge in [-0.1, -0.05) is 72.8 Å². The fourth-order valence-corrected chi connectivity index (χ4v) is 9.80. The van der Waals surface area contributed by atoms with Gasteiger partial charge in [-0.15, -0.1) is 0 Å². The molecule has 452 valence electrons. The minimum Gasteiger partial charge on any atom is -0.507 e. The zero-order valence-electron chi connectivity index (χ0n) is 49.0. The number of hydrogen-bond acceptors (Lipinski definition) is 14. The van der Waals surface area contributed by atoms with Crippen molar-refractivity contribution in [1.29, 1.82) is 0 Å². The molecule has 0 saturated heterocycles. The van der Waals surface area contributed by atoms with Crippen LogP contribution in [0.1, 0.15) is 73.3 Å². The highest BCUT2D eigenvalue weighted by Gasteiger charge is 2.27. The van der Waals surface area contributed by atoms with Gasteiger partial charge in [-0.2, -0.15) is 0 Å². The smallest absolute Gasteiger partial charge is 0.233 e. The normalized spacial score (nSPS) is 11.4. The number of aromatic nitrogens is 8. The first-order valence-corrected chi connectivity index (χ1v) is 28.5. The molecule has 0 unspecified atom stereocenters. The van der Waals surface area contributed by atoms with Crippen molar-refractivity contribution in [2.45, 2.75) is 59.8 Å². The van der Waals surface area contributed by atoms with E-state index in [4.69, 9.17) is 24.5 Å². The quantitative estimate of drug-likeness (QED) is 0.0623. The van der Waals surface area contributed by atoms with Gasteiger partial charge in [0.25, 0.3) is 0 Å². The SMILES string of the molecule is Cc1ccc(O)c(-c2nc(-c3cc(F)ccc3O)n3c2CCCC3)n1.Cc1ccc(OCc2ccccc2)c(-c2nc(-c3cc(F)ccc3O)n3ccccc23)n1.Cc1ccc(OCc2ccccc2)c(C(=O)c2ccccn2)n1.O=Cc1cc(F)ccc1O. The number of ketones is 1. The van der Waals surface area contributed by atoms with Gasteiger partial charge in [0.15, 0.2) is 12.0 Å². The molecule has 16 nitrogen and oxygen atoms in total. The number of phenolic OH excluding ortho intramolecular Hbond substituents is 3. The third-order valence-electron chi connectivity index (χ3n) is 14.2. The van der Waals surface area contributed by atoms with Gasteiger partial charge in [-0.3, -0.25) is 19.0 Å². The van der Waals surface area contributed by atoms with Crippen LogP contribution in [0.15, 0.2) is 200 Å². The molecule has 90 heavy (non-hydrogen) atoms. The Morgan fingerprint density at radius 1 is 0.522 bits per heavy atom. The van der Waals surface area contributed by atoms with E-state index in [9.17, 15) is 38.1 Å². The van der Waals surface area contributed by atoms with Crippen LogP contribution in [0.2, 0.25) is 0 Å². The van der Waals surface area contributed by atoms with E-state index in [1.165, 1.54) is 36.4 Å². The van der Waals surface area contributed by atoms with Crippen molar-refractivity contribution in [2.24, 2.45) is 0 Å². The van der Waals surface area contributed by atoms with Crippen LogP contribution >= 0.6 is 0 Å². The molecule has 13 rings (SSSR count). The van der Waals surface area contributed by atoms with E-state index in [0.29, 0.717) is 87.9 Å². The molecule has 0 saturated carbocycles. The minimum absolute atomic E-state index is 0.0206. The van der Waals surface area contributed by atoms with E-state index in [0.717, 1.165) is 83.4 Å². The number of fused-ring (bicyclic) bond motifs is 2. The molecule has 7 aromatic heterocycles. The molecule has 0 aliphatic carbocycles. The number of pyridine rings is 5. The first kappa shape index (κ1) is 61.6. The second-order valence-corrected chi connectivity index (χ2v) is 20.7.